The number of piperazine rings is 1. The first-order chi connectivity index (χ1) is 13.2. The Hall–Kier alpha value is -0.510. The van der Waals surface area contributed by atoms with E-state index in [1.807, 2.05) is 18.8 Å². The van der Waals surface area contributed by atoms with Gasteiger partial charge in [-0.1, -0.05) is 18.2 Å². The van der Waals surface area contributed by atoms with Crippen LogP contribution < -0.4 is 5.32 Å². The lowest BCUT2D eigenvalue weighted by atomic mass is 10.2. The zero-order valence-corrected chi connectivity index (χ0v) is 20.7. The molecule has 2 saturated heterocycles. The third-order valence-electron chi connectivity index (χ3n) is 5.74. The first-order valence-corrected chi connectivity index (χ1v) is 11.2. The number of halogens is 1. The smallest absolute Gasteiger partial charge is 0.193 e. The van der Waals surface area contributed by atoms with E-state index in [1.165, 1.54) is 43.2 Å². The standard InChI is InChI=1S/C21H35N5S.HI/c1-18(25-13-11-24(3)12-14-25)15-23-21(22-2)26-10-9-19(16-26)17-27-20-7-5-4-6-8-20;/h4-8,18-19H,9-17H2,1-3H3,(H,22,23);1H. The quantitative estimate of drug-likeness (QED) is 0.272. The van der Waals surface area contributed by atoms with Crippen LogP contribution in [0.2, 0.25) is 0 Å². The highest BCUT2D eigenvalue weighted by atomic mass is 127. The van der Waals surface area contributed by atoms with Crippen LogP contribution in [-0.2, 0) is 0 Å². The molecule has 0 amide bonds. The van der Waals surface area contributed by atoms with E-state index in [2.05, 4.69) is 69.3 Å². The Morgan fingerprint density at radius 1 is 1.18 bits per heavy atom. The lowest BCUT2D eigenvalue weighted by Gasteiger charge is -2.37. The van der Waals surface area contributed by atoms with E-state index in [0.717, 1.165) is 31.5 Å². The summed E-state index contributed by atoms with van der Waals surface area (Å²) in [6.07, 6.45) is 1.26. The molecule has 2 heterocycles. The van der Waals surface area contributed by atoms with E-state index >= 15 is 0 Å². The first kappa shape index (κ1) is 23.8. The fourth-order valence-electron chi connectivity index (χ4n) is 3.85. The van der Waals surface area contributed by atoms with Gasteiger partial charge in [0.1, 0.15) is 0 Å². The van der Waals surface area contributed by atoms with Crippen LogP contribution in [0.5, 0.6) is 0 Å². The molecule has 0 radical (unpaired) electrons. The molecule has 3 rings (SSSR count). The Bertz CT molecular complexity index is 592. The maximum absolute atomic E-state index is 4.55. The highest BCUT2D eigenvalue weighted by Gasteiger charge is 2.26. The van der Waals surface area contributed by atoms with Gasteiger partial charge in [0.25, 0.3) is 0 Å². The highest BCUT2D eigenvalue weighted by Crippen LogP contribution is 2.25. The number of nitrogens with zero attached hydrogens (tertiary/aromatic N) is 4. The van der Waals surface area contributed by atoms with Crippen LogP contribution in [0.1, 0.15) is 13.3 Å². The number of rotatable bonds is 6. The summed E-state index contributed by atoms with van der Waals surface area (Å²) >= 11 is 1.98. The van der Waals surface area contributed by atoms with Gasteiger partial charge in [-0.15, -0.1) is 35.7 Å². The Balaban J connectivity index is 0.00000280. The van der Waals surface area contributed by atoms with Crippen LogP contribution >= 0.6 is 35.7 Å². The molecule has 7 heteroatoms. The van der Waals surface area contributed by atoms with Gasteiger partial charge in [0.05, 0.1) is 0 Å². The zero-order valence-electron chi connectivity index (χ0n) is 17.5. The summed E-state index contributed by atoms with van der Waals surface area (Å²) in [6, 6.07) is 11.3. The molecular formula is C21H36IN5S. The fourth-order valence-corrected chi connectivity index (χ4v) is 4.90. The second kappa shape index (κ2) is 12.2. The van der Waals surface area contributed by atoms with E-state index in [4.69, 9.17) is 0 Å². The molecule has 0 aromatic heterocycles. The molecule has 0 aliphatic carbocycles. The largest absolute Gasteiger partial charge is 0.355 e. The van der Waals surface area contributed by atoms with Crippen LogP contribution in [0.25, 0.3) is 0 Å². The molecule has 2 aliphatic heterocycles. The van der Waals surface area contributed by atoms with E-state index in [1.54, 1.807) is 0 Å². The molecule has 1 aromatic carbocycles. The van der Waals surface area contributed by atoms with Crippen molar-refractivity contribution >= 4 is 41.7 Å². The summed E-state index contributed by atoms with van der Waals surface area (Å²) in [5.41, 5.74) is 0. The molecule has 2 fully saturated rings. The summed E-state index contributed by atoms with van der Waals surface area (Å²) in [6.45, 7) is 10.2. The molecular weight excluding hydrogens is 481 g/mol. The van der Waals surface area contributed by atoms with Crippen molar-refractivity contribution in [3.05, 3.63) is 30.3 Å². The maximum atomic E-state index is 4.55. The van der Waals surface area contributed by atoms with Crippen LogP contribution in [0, 0.1) is 5.92 Å². The monoisotopic (exact) mass is 517 g/mol. The molecule has 5 nitrogen and oxygen atoms in total. The Labute approximate surface area is 192 Å². The molecule has 2 unspecified atom stereocenters. The van der Waals surface area contributed by atoms with Crippen molar-refractivity contribution in [2.45, 2.75) is 24.3 Å². The second-order valence-electron chi connectivity index (χ2n) is 7.84. The molecule has 2 aliphatic rings. The number of nitrogens with one attached hydrogen (secondary N) is 1. The lowest BCUT2D eigenvalue weighted by Crippen LogP contribution is -2.52. The molecule has 0 bridgehead atoms. The van der Waals surface area contributed by atoms with Gasteiger partial charge < -0.3 is 15.1 Å². The number of aliphatic imine (C=N–C) groups is 1. The summed E-state index contributed by atoms with van der Waals surface area (Å²) in [5, 5.41) is 3.63. The Kier molecular flexibility index (Phi) is 10.4. The predicted molar refractivity (Wildman–Crippen MR) is 132 cm³/mol. The van der Waals surface area contributed by atoms with E-state index in [9.17, 15) is 0 Å². The Morgan fingerprint density at radius 2 is 1.89 bits per heavy atom. The summed E-state index contributed by atoms with van der Waals surface area (Å²) in [4.78, 5) is 13.4. The van der Waals surface area contributed by atoms with Crippen LogP contribution in [0.4, 0.5) is 0 Å². The predicted octanol–water partition coefficient (Wildman–Crippen LogP) is 2.93. The number of hydrogen-bond acceptors (Lipinski definition) is 4. The van der Waals surface area contributed by atoms with E-state index in [0.29, 0.717) is 6.04 Å². The summed E-state index contributed by atoms with van der Waals surface area (Å²) in [7, 11) is 4.12. The third-order valence-corrected chi connectivity index (χ3v) is 6.99. The fraction of sp³-hybridized carbons (Fsp3) is 0.667. The normalized spacial score (nSPS) is 22.8. The molecule has 28 heavy (non-hydrogen) atoms. The van der Waals surface area contributed by atoms with Crippen molar-refractivity contribution in [3.8, 4) is 0 Å². The minimum atomic E-state index is 0. The zero-order chi connectivity index (χ0) is 19.1. The average molecular weight is 518 g/mol. The van der Waals surface area contributed by atoms with Crippen LogP contribution in [-0.4, -0.2) is 92.4 Å². The van der Waals surface area contributed by atoms with Crippen molar-refractivity contribution in [2.75, 3.05) is 65.7 Å². The van der Waals surface area contributed by atoms with Gasteiger partial charge in [-0.05, 0) is 38.4 Å². The van der Waals surface area contributed by atoms with Gasteiger partial charge in [0.2, 0.25) is 0 Å². The minimum Gasteiger partial charge on any atom is -0.355 e. The van der Waals surface area contributed by atoms with Gasteiger partial charge in [0, 0.05) is 69.6 Å². The Morgan fingerprint density at radius 3 is 2.57 bits per heavy atom. The number of thioether (sulfide) groups is 1. The average Bonchev–Trinajstić information content (AvgIpc) is 3.17. The summed E-state index contributed by atoms with van der Waals surface area (Å²) < 4.78 is 0. The topological polar surface area (TPSA) is 34.1 Å². The molecule has 0 saturated carbocycles. The van der Waals surface area contributed by atoms with Crippen molar-refractivity contribution in [1.82, 2.24) is 20.0 Å². The summed E-state index contributed by atoms with van der Waals surface area (Å²) in [5.74, 6) is 3.00. The molecule has 2 atom stereocenters. The van der Waals surface area contributed by atoms with Gasteiger partial charge in [-0.2, -0.15) is 0 Å². The first-order valence-electron chi connectivity index (χ1n) is 10.2. The van der Waals surface area contributed by atoms with Crippen LogP contribution in [0.3, 0.4) is 0 Å². The van der Waals surface area contributed by atoms with Gasteiger partial charge >= 0.3 is 0 Å². The molecule has 0 spiro atoms. The minimum absolute atomic E-state index is 0. The van der Waals surface area contributed by atoms with Gasteiger partial charge in [-0.25, -0.2) is 0 Å². The van der Waals surface area contributed by atoms with E-state index in [-0.39, 0.29) is 24.0 Å². The number of likely N-dealkylation sites (tertiary alicyclic amines) is 1. The van der Waals surface area contributed by atoms with Gasteiger partial charge in [0.15, 0.2) is 5.96 Å². The lowest BCUT2D eigenvalue weighted by molar-refractivity contribution is 0.119. The van der Waals surface area contributed by atoms with Crippen molar-refractivity contribution in [2.24, 2.45) is 10.9 Å². The third kappa shape index (κ3) is 7.07. The van der Waals surface area contributed by atoms with E-state index < -0.39 is 0 Å². The van der Waals surface area contributed by atoms with Crippen molar-refractivity contribution in [3.63, 3.8) is 0 Å². The molecule has 1 N–H and O–H groups in total. The number of likely N-dealkylation sites (N-methyl/N-ethyl adjacent to an activating group) is 1. The van der Waals surface area contributed by atoms with Gasteiger partial charge in [-0.3, -0.25) is 9.89 Å². The number of guanidine groups is 1. The molecule has 1 aromatic rings. The molecule has 158 valence electrons. The number of hydrogen-bond donors (Lipinski definition) is 1. The second-order valence-corrected chi connectivity index (χ2v) is 8.93. The SMILES string of the molecule is CN=C(NCC(C)N1CCN(C)CC1)N1CCC(CSc2ccccc2)C1.I. The van der Waals surface area contributed by atoms with Crippen molar-refractivity contribution in [1.29, 1.82) is 0 Å². The van der Waals surface area contributed by atoms with Crippen molar-refractivity contribution < 1.29 is 0 Å². The highest BCUT2D eigenvalue weighted by molar-refractivity contribution is 14.0. The van der Waals surface area contributed by atoms with Crippen LogP contribution in [0.15, 0.2) is 40.2 Å². The maximum Gasteiger partial charge on any atom is 0.193 e. The number of benzene rings is 1.